The zero-order valence-electron chi connectivity index (χ0n) is 10.2. The molecule has 1 rings (SSSR count). The average molecular weight is 314 g/mol. The summed E-state index contributed by atoms with van der Waals surface area (Å²) in [4.78, 5) is 10.7. The molecular formula is C12H8F6O3. The summed E-state index contributed by atoms with van der Waals surface area (Å²) in [5, 5.41) is 0. The van der Waals surface area contributed by atoms with Crippen LogP contribution in [0.1, 0.15) is 11.9 Å². The molecule has 116 valence electrons. The first-order valence-corrected chi connectivity index (χ1v) is 5.27. The van der Waals surface area contributed by atoms with E-state index in [0.29, 0.717) is 0 Å². The summed E-state index contributed by atoms with van der Waals surface area (Å²) in [7, 11) is 0. The predicted molar refractivity (Wildman–Crippen MR) is 57.6 cm³/mol. The lowest BCUT2D eigenvalue weighted by atomic mass is 10.2. The van der Waals surface area contributed by atoms with Gasteiger partial charge < -0.3 is 9.47 Å². The minimum absolute atomic E-state index is 0.208. The van der Waals surface area contributed by atoms with Gasteiger partial charge in [0.1, 0.15) is 0 Å². The second kappa shape index (κ2) is 6.06. The molecule has 0 bridgehead atoms. The van der Waals surface area contributed by atoms with Crippen molar-refractivity contribution in [3.8, 4) is 0 Å². The summed E-state index contributed by atoms with van der Waals surface area (Å²) in [6.07, 6.45) is -12.6. The number of carbonyl (C=O) groups is 1. The summed E-state index contributed by atoms with van der Waals surface area (Å²) in [6.45, 7) is 2.54. The first kappa shape index (κ1) is 16.9. The summed E-state index contributed by atoms with van der Waals surface area (Å²) in [5.41, 5.74) is -0.208. The Morgan fingerprint density at radius 3 is 1.90 bits per heavy atom. The zero-order chi connectivity index (χ0) is 16.3. The van der Waals surface area contributed by atoms with Crippen molar-refractivity contribution in [3.05, 3.63) is 48.2 Å². The van der Waals surface area contributed by atoms with Crippen LogP contribution in [0.3, 0.4) is 0 Å². The fraction of sp³-hybridized carbons (Fsp3) is 0.250. The number of esters is 1. The fourth-order valence-electron chi connectivity index (χ4n) is 1.13. The minimum atomic E-state index is -5.37. The Kier molecular flexibility index (Phi) is 4.87. The van der Waals surface area contributed by atoms with Gasteiger partial charge in [0.15, 0.2) is 5.76 Å². The van der Waals surface area contributed by atoms with Crippen molar-refractivity contribution < 1.29 is 40.6 Å². The highest BCUT2D eigenvalue weighted by Gasteiger charge is 2.44. The van der Waals surface area contributed by atoms with Gasteiger partial charge in [0.25, 0.3) is 6.29 Å². The van der Waals surface area contributed by atoms with Gasteiger partial charge in [-0.2, -0.15) is 26.3 Å². The molecule has 0 aliphatic heterocycles. The van der Waals surface area contributed by atoms with Crippen LogP contribution < -0.4 is 0 Å². The molecule has 0 aliphatic carbocycles. The van der Waals surface area contributed by atoms with Gasteiger partial charge in [-0.15, -0.1) is 0 Å². The first-order chi connectivity index (χ1) is 9.51. The molecule has 0 spiro atoms. The predicted octanol–water partition coefficient (Wildman–Crippen LogP) is 3.88. The minimum Gasteiger partial charge on any atom is -0.446 e. The van der Waals surface area contributed by atoms with Gasteiger partial charge in [-0.1, -0.05) is 36.9 Å². The van der Waals surface area contributed by atoms with E-state index in [2.05, 4.69) is 16.1 Å². The molecule has 9 heteroatoms. The van der Waals surface area contributed by atoms with Crippen LogP contribution in [0.15, 0.2) is 42.7 Å². The van der Waals surface area contributed by atoms with Crippen molar-refractivity contribution in [2.45, 2.75) is 18.6 Å². The van der Waals surface area contributed by atoms with E-state index < -0.39 is 30.4 Å². The first-order valence-electron chi connectivity index (χ1n) is 5.27. The summed E-state index contributed by atoms with van der Waals surface area (Å²) in [6, 6.07) is 6.38. The van der Waals surface area contributed by atoms with E-state index in [1.165, 1.54) is 18.2 Å². The molecule has 1 aromatic carbocycles. The quantitative estimate of drug-likeness (QED) is 0.366. The molecule has 0 aliphatic rings. The molecule has 1 unspecified atom stereocenters. The molecule has 0 saturated heterocycles. The molecule has 0 fully saturated rings. The molecule has 0 radical (unpaired) electrons. The Balaban J connectivity index is 2.97. The van der Waals surface area contributed by atoms with E-state index in [1.54, 1.807) is 0 Å². The van der Waals surface area contributed by atoms with E-state index >= 15 is 0 Å². The second-order valence-corrected chi connectivity index (χ2v) is 3.68. The van der Waals surface area contributed by atoms with Crippen LogP contribution in [-0.4, -0.2) is 18.3 Å². The smallest absolute Gasteiger partial charge is 0.446 e. The molecule has 3 nitrogen and oxygen atoms in total. The van der Waals surface area contributed by atoms with Gasteiger partial charge in [-0.3, -0.25) is 0 Å². The number of rotatable bonds is 4. The lowest BCUT2D eigenvalue weighted by Gasteiger charge is -2.22. The summed E-state index contributed by atoms with van der Waals surface area (Å²) < 4.78 is 81.4. The van der Waals surface area contributed by atoms with Crippen molar-refractivity contribution in [2.75, 3.05) is 0 Å². The van der Waals surface area contributed by atoms with E-state index in [0.717, 1.165) is 12.1 Å². The maximum Gasteiger partial charge on any atom is 0.491 e. The Morgan fingerprint density at radius 1 is 0.952 bits per heavy atom. The van der Waals surface area contributed by atoms with Crippen LogP contribution in [-0.2, 0) is 14.3 Å². The number of benzene rings is 1. The van der Waals surface area contributed by atoms with Crippen LogP contribution >= 0.6 is 0 Å². The van der Waals surface area contributed by atoms with Gasteiger partial charge in [0.05, 0.1) is 0 Å². The van der Waals surface area contributed by atoms with Gasteiger partial charge in [-0.05, 0) is 0 Å². The zero-order valence-corrected chi connectivity index (χ0v) is 10.2. The maximum atomic E-state index is 12.3. The number of allylic oxidation sites excluding steroid dienone is 1. The average Bonchev–Trinajstić information content (AvgIpc) is 2.36. The molecule has 1 aromatic rings. The lowest BCUT2D eigenvalue weighted by Crippen LogP contribution is -2.29. The van der Waals surface area contributed by atoms with E-state index in [-0.39, 0.29) is 5.56 Å². The number of hydrogen-bond donors (Lipinski definition) is 0. The van der Waals surface area contributed by atoms with Crippen LogP contribution in [0, 0.1) is 0 Å². The van der Waals surface area contributed by atoms with Crippen molar-refractivity contribution >= 4 is 5.97 Å². The van der Waals surface area contributed by atoms with Gasteiger partial charge in [0.2, 0.25) is 0 Å². The normalized spacial score (nSPS) is 13.4. The number of alkyl halides is 6. The van der Waals surface area contributed by atoms with Gasteiger partial charge in [-0.25, -0.2) is 4.79 Å². The standard InChI is InChI=1S/C12H8F6O3/c1-7(11(13,14)15)20-9(8-5-3-2-4-6-8)21-10(19)12(16,17)18/h2-6,9H,1H2. The van der Waals surface area contributed by atoms with E-state index in [4.69, 9.17) is 0 Å². The molecule has 1 atom stereocenters. The maximum absolute atomic E-state index is 12.3. The number of hydrogen-bond acceptors (Lipinski definition) is 3. The molecule has 0 heterocycles. The van der Waals surface area contributed by atoms with Crippen LogP contribution in [0.25, 0.3) is 0 Å². The third kappa shape index (κ3) is 5.01. The van der Waals surface area contributed by atoms with Crippen LogP contribution in [0.4, 0.5) is 26.3 Å². The molecular weight excluding hydrogens is 306 g/mol. The fourth-order valence-corrected chi connectivity index (χ4v) is 1.13. The van der Waals surface area contributed by atoms with Crippen LogP contribution in [0.2, 0.25) is 0 Å². The van der Waals surface area contributed by atoms with E-state index in [1.807, 2.05) is 0 Å². The van der Waals surface area contributed by atoms with Crippen molar-refractivity contribution in [3.63, 3.8) is 0 Å². The molecule has 21 heavy (non-hydrogen) atoms. The van der Waals surface area contributed by atoms with Crippen molar-refractivity contribution in [2.24, 2.45) is 0 Å². The van der Waals surface area contributed by atoms with Crippen molar-refractivity contribution in [1.29, 1.82) is 0 Å². The third-order valence-electron chi connectivity index (χ3n) is 2.08. The molecule has 0 amide bonds. The SMILES string of the molecule is C=C(OC(OC(=O)C(F)(F)F)c1ccccc1)C(F)(F)F. The molecule has 0 saturated carbocycles. The van der Waals surface area contributed by atoms with Crippen LogP contribution in [0.5, 0.6) is 0 Å². The summed E-state index contributed by atoms with van der Waals surface area (Å²) in [5.74, 6) is -4.46. The topological polar surface area (TPSA) is 35.5 Å². The Hall–Kier alpha value is -2.19. The Morgan fingerprint density at radius 2 is 1.48 bits per heavy atom. The van der Waals surface area contributed by atoms with Gasteiger partial charge >= 0.3 is 18.3 Å². The second-order valence-electron chi connectivity index (χ2n) is 3.68. The largest absolute Gasteiger partial charge is 0.491 e. The molecule has 0 aromatic heterocycles. The highest BCUT2D eigenvalue weighted by atomic mass is 19.4. The number of carbonyl (C=O) groups excluding carboxylic acids is 1. The monoisotopic (exact) mass is 314 g/mol. The number of halogens is 6. The van der Waals surface area contributed by atoms with E-state index in [9.17, 15) is 31.1 Å². The third-order valence-corrected chi connectivity index (χ3v) is 2.08. The highest BCUT2D eigenvalue weighted by molar-refractivity contribution is 5.75. The molecule has 0 N–H and O–H groups in total. The van der Waals surface area contributed by atoms with Gasteiger partial charge in [0, 0.05) is 5.56 Å². The number of ether oxygens (including phenoxy) is 2. The Labute approximate surface area is 114 Å². The Bertz CT molecular complexity index is 478. The summed E-state index contributed by atoms with van der Waals surface area (Å²) >= 11 is 0. The highest BCUT2D eigenvalue weighted by Crippen LogP contribution is 2.32. The van der Waals surface area contributed by atoms with Crippen molar-refractivity contribution in [1.82, 2.24) is 0 Å². The lowest BCUT2D eigenvalue weighted by molar-refractivity contribution is -0.232.